The van der Waals surface area contributed by atoms with Crippen LogP contribution in [0.15, 0.2) is 18.2 Å². The normalized spacial score (nSPS) is 10.8. The fourth-order valence-electron chi connectivity index (χ4n) is 2.22. The van der Waals surface area contributed by atoms with Gasteiger partial charge in [-0.1, -0.05) is 0 Å². The topological polar surface area (TPSA) is 53.1 Å². The summed E-state index contributed by atoms with van der Waals surface area (Å²) in [6, 6.07) is 4.48. The maximum atomic E-state index is 13.3. The molecule has 0 atom stereocenters. The van der Waals surface area contributed by atoms with Crippen molar-refractivity contribution in [3.8, 4) is 5.75 Å². The lowest BCUT2D eigenvalue weighted by atomic mass is 10.1. The van der Waals surface area contributed by atoms with Crippen LogP contribution in [-0.4, -0.2) is 16.9 Å². The van der Waals surface area contributed by atoms with Crippen molar-refractivity contribution in [2.45, 2.75) is 26.9 Å². The standard InChI is InChI=1S/C14H18FN3O/c1-9-13(7-16)10(2)18(17-9)8-11-6-12(15)4-5-14(11)19-3/h4-6H,7-8,16H2,1-3H3. The molecule has 0 spiro atoms. The number of methoxy groups -OCH3 is 1. The zero-order valence-corrected chi connectivity index (χ0v) is 11.4. The number of rotatable bonds is 4. The molecule has 1 aromatic heterocycles. The van der Waals surface area contributed by atoms with Gasteiger partial charge in [-0.25, -0.2) is 4.39 Å². The second-order valence-corrected chi connectivity index (χ2v) is 4.47. The molecule has 0 aliphatic carbocycles. The molecule has 2 rings (SSSR count). The third kappa shape index (κ3) is 2.61. The van der Waals surface area contributed by atoms with E-state index in [2.05, 4.69) is 5.10 Å². The van der Waals surface area contributed by atoms with E-state index in [1.54, 1.807) is 13.2 Å². The van der Waals surface area contributed by atoms with E-state index in [-0.39, 0.29) is 5.82 Å². The fourth-order valence-corrected chi connectivity index (χ4v) is 2.22. The summed E-state index contributed by atoms with van der Waals surface area (Å²) >= 11 is 0. The monoisotopic (exact) mass is 263 g/mol. The van der Waals surface area contributed by atoms with Gasteiger partial charge < -0.3 is 10.5 Å². The number of aryl methyl sites for hydroxylation is 1. The number of halogens is 1. The summed E-state index contributed by atoms with van der Waals surface area (Å²) < 4.78 is 20.4. The average molecular weight is 263 g/mol. The molecule has 0 saturated carbocycles. The highest BCUT2D eigenvalue weighted by Crippen LogP contribution is 2.22. The summed E-state index contributed by atoms with van der Waals surface area (Å²) in [6.07, 6.45) is 0. The van der Waals surface area contributed by atoms with Gasteiger partial charge in [0, 0.05) is 23.4 Å². The van der Waals surface area contributed by atoms with Crippen molar-refractivity contribution < 1.29 is 9.13 Å². The first-order chi connectivity index (χ1) is 9.06. The zero-order valence-electron chi connectivity index (χ0n) is 11.4. The Bertz CT molecular complexity index is 593. The smallest absolute Gasteiger partial charge is 0.124 e. The minimum Gasteiger partial charge on any atom is -0.496 e. The SMILES string of the molecule is COc1ccc(F)cc1Cn1nc(C)c(CN)c1C. The maximum Gasteiger partial charge on any atom is 0.124 e. The van der Waals surface area contributed by atoms with Crippen molar-refractivity contribution >= 4 is 0 Å². The number of hydrogen-bond donors (Lipinski definition) is 1. The van der Waals surface area contributed by atoms with Crippen LogP contribution in [0.3, 0.4) is 0 Å². The highest BCUT2D eigenvalue weighted by Gasteiger charge is 2.12. The van der Waals surface area contributed by atoms with Gasteiger partial charge in [0.1, 0.15) is 11.6 Å². The second-order valence-electron chi connectivity index (χ2n) is 4.47. The van der Waals surface area contributed by atoms with Crippen LogP contribution in [0.1, 0.15) is 22.5 Å². The van der Waals surface area contributed by atoms with Gasteiger partial charge in [-0.2, -0.15) is 5.10 Å². The summed E-state index contributed by atoms with van der Waals surface area (Å²) in [5.74, 6) is 0.375. The first-order valence-corrected chi connectivity index (χ1v) is 6.12. The zero-order chi connectivity index (χ0) is 14.0. The van der Waals surface area contributed by atoms with Crippen molar-refractivity contribution in [2.24, 2.45) is 5.73 Å². The quantitative estimate of drug-likeness (QED) is 0.919. The van der Waals surface area contributed by atoms with E-state index < -0.39 is 0 Å². The molecule has 0 radical (unpaired) electrons. The van der Waals surface area contributed by atoms with Crippen molar-refractivity contribution in [3.63, 3.8) is 0 Å². The number of ether oxygens (including phenoxy) is 1. The van der Waals surface area contributed by atoms with Gasteiger partial charge in [0.15, 0.2) is 0 Å². The maximum absolute atomic E-state index is 13.3. The predicted molar refractivity (Wildman–Crippen MR) is 71.6 cm³/mol. The first-order valence-electron chi connectivity index (χ1n) is 6.12. The largest absolute Gasteiger partial charge is 0.496 e. The molecule has 2 aromatic rings. The Labute approximate surface area is 112 Å². The minimum atomic E-state index is -0.281. The van der Waals surface area contributed by atoms with Gasteiger partial charge in [-0.05, 0) is 32.0 Å². The number of benzene rings is 1. The van der Waals surface area contributed by atoms with E-state index in [0.29, 0.717) is 18.8 Å². The van der Waals surface area contributed by atoms with Crippen LogP contribution < -0.4 is 10.5 Å². The van der Waals surface area contributed by atoms with E-state index in [1.165, 1.54) is 12.1 Å². The first kappa shape index (κ1) is 13.5. The van der Waals surface area contributed by atoms with Crippen molar-refractivity contribution in [1.82, 2.24) is 9.78 Å². The molecule has 102 valence electrons. The Morgan fingerprint density at radius 2 is 2.11 bits per heavy atom. The Hall–Kier alpha value is -1.88. The van der Waals surface area contributed by atoms with Crippen LogP contribution >= 0.6 is 0 Å². The van der Waals surface area contributed by atoms with Crippen LogP contribution in [0.5, 0.6) is 5.75 Å². The van der Waals surface area contributed by atoms with Crippen LogP contribution in [0.25, 0.3) is 0 Å². The Balaban J connectivity index is 2.38. The molecule has 0 unspecified atom stereocenters. The number of nitrogens with two attached hydrogens (primary N) is 1. The third-order valence-electron chi connectivity index (χ3n) is 3.30. The molecule has 5 heteroatoms. The van der Waals surface area contributed by atoms with E-state index in [0.717, 1.165) is 22.5 Å². The van der Waals surface area contributed by atoms with E-state index in [1.807, 2.05) is 18.5 Å². The Kier molecular flexibility index (Phi) is 3.85. The molecule has 0 aliphatic heterocycles. The molecule has 1 heterocycles. The summed E-state index contributed by atoms with van der Waals surface area (Å²) in [6.45, 7) is 4.81. The van der Waals surface area contributed by atoms with E-state index in [9.17, 15) is 4.39 Å². The van der Waals surface area contributed by atoms with Crippen LogP contribution in [0.2, 0.25) is 0 Å². The summed E-state index contributed by atoms with van der Waals surface area (Å²) in [7, 11) is 1.57. The van der Waals surface area contributed by atoms with Gasteiger partial charge in [0.2, 0.25) is 0 Å². The molecule has 0 amide bonds. The molecule has 0 bridgehead atoms. The van der Waals surface area contributed by atoms with Gasteiger partial charge in [0.25, 0.3) is 0 Å². The molecule has 19 heavy (non-hydrogen) atoms. The highest BCUT2D eigenvalue weighted by atomic mass is 19.1. The molecule has 2 N–H and O–H groups in total. The minimum absolute atomic E-state index is 0.281. The fraction of sp³-hybridized carbons (Fsp3) is 0.357. The van der Waals surface area contributed by atoms with Crippen molar-refractivity contribution in [3.05, 3.63) is 46.5 Å². The number of hydrogen-bond acceptors (Lipinski definition) is 3. The van der Waals surface area contributed by atoms with Crippen LogP contribution in [0, 0.1) is 19.7 Å². The Morgan fingerprint density at radius 3 is 2.68 bits per heavy atom. The molecule has 1 aromatic carbocycles. The lowest BCUT2D eigenvalue weighted by Gasteiger charge is -2.10. The van der Waals surface area contributed by atoms with Gasteiger partial charge in [0.05, 0.1) is 19.3 Å². The molecular weight excluding hydrogens is 245 g/mol. The lowest BCUT2D eigenvalue weighted by molar-refractivity contribution is 0.405. The van der Waals surface area contributed by atoms with E-state index >= 15 is 0 Å². The summed E-state index contributed by atoms with van der Waals surface area (Å²) in [5.41, 5.74) is 9.42. The lowest BCUT2D eigenvalue weighted by Crippen LogP contribution is -2.07. The molecule has 0 fully saturated rings. The van der Waals surface area contributed by atoms with Crippen molar-refractivity contribution in [2.75, 3.05) is 7.11 Å². The third-order valence-corrected chi connectivity index (χ3v) is 3.30. The average Bonchev–Trinajstić information content (AvgIpc) is 2.64. The highest BCUT2D eigenvalue weighted by molar-refractivity contribution is 5.35. The molecule has 4 nitrogen and oxygen atoms in total. The molecule has 0 saturated heterocycles. The van der Waals surface area contributed by atoms with Gasteiger partial charge in [-0.15, -0.1) is 0 Å². The summed E-state index contributed by atoms with van der Waals surface area (Å²) in [5, 5.41) is 4.44. The van der Waals surface area contributed by atoms with Crippen molar-refractivity contribution in [1.29, 1.82) is 0 Å². The Morgan fingerprint density at radius 1 is 1.37 bits per heavy atom. The van der Waals surface area contributed by atoms with Gasteiger partial charge >= 0.3 is 0 Å². The van der Waals surface area contributed by atoms with E-state index in [4.69, 9.17) is 10.5 Å². The number of aromatic nitrogens is 2. The van der Waals surface area contributed by atoms with Crippen LogP contribution in [0.4, 0.5) is 4.39 Å². The summed E-state index contributed by atoms with van der Waals surface area (Å²) in [4.78, 5) is 0. The van der Waals surface area contributed by atoms with Gasteiger partial charge in [-0.3, -0.25) is 4.68 Å². The molecule has 0 aliphatic rings. The molecular formula is C14H18FN3O. The van der Waals surface area contributed by atoms with Crippen LogP contribution in [-0.2, 0) is 13.1 Å². The second kappa shape index (κ2) is 5.40. The number of nitrogens with zero attached hydrogens (tertiary/aromatic N) is 2. The predicted octanol–water partition coefficient (Wildman–Crippen LogP) is 2.15.